The Morgan fingerprint density at radius 1 is 1.14 bits per heavy atom. The molecular formula is C18H26N2O. The molecule has 3 heteroatoms. The maximum Gasteiger partial charge on any atom is 0.233 e. The van der Waals surface area contributed by atoms with Crippen molar-refractivity contribution in [2.45, 2.75) is 51.4 Å². The normalized spacial score (nSPS) is 22.3. The molecule has 114 valence electrons. The van der Waals surface area contributed by atoms with Crippen molar-refractivity contribution in [1.82, 2.24) is 4.90 Å². The molecule has 21 heavy (non-hydrogen) atoms. The van der Waals surface area contributed by atoms with Gasteiger partial charge in [-0.25, -0.2) is 0 Å². The summed E-state index contributed by atoms with van der Waals surface area (Å²) in [6.45, 7) is 6.38. The molecule has 1 saturated carbocycles. The number of likely N-dealkylation sites (tertiary alicyclic amines) is 1. The van der Waals surface area contributed by atoms with Crippen molar-refractivity contribution in [3.05, 3.63) is 29.8 Å². The average Bonchev–Trinajstić information content (AvgIpc) is 3.21. The molecule has 2 N–H and O–H groups in total. The van der Waals surface area contributed by atoms with Crippen molar-refractivity contribution >= 4 is 11.6 Å². The summed E-state index contributed by atoms with van der Waals surface area (Å²) in [7, 11) is 0. The zero-order valence-electron chi connectivity index (χ0n) is 13.2. The summed E-state index contributed by atoms with van der Waals surface area (Å²) in [6.07, 6.45) is 5.46. The summed E-state index contributed by atoms with van der Waals surface area (Å²) in [5.41, 5.74) is 7.78. The number of carbonyl (C=O) groups excluding carboxylic acids is 1. The summed E-state index contributed by atoms with van der Waals surface area (Å²) in [6, 6.07) is 7.89. The Balaban J connectivity index is 1.78. The third-order valence-electron chi connectivity index (χ3n) is 5.85. The van der Waals surface area contributed by atoms with Gasteiger partial charge in [-0.05, 0) is 55.2 Å². The minimum absolute atomic E-state index is 0.245. The van der Waals surface area contributed by atoms with Crippen molar-refractivity contribution < 1.29 is 4.79 Å². The van der Waals surface area contributed by atoms with Crippen LogP contribution in [0.5, 0.6) is 0 Å². The lowest BCUT2D eigenvalue weighted by molar-refractivity contribution is -0.133. The molecule has 1 aliphatic carbocycles. The van der Waals surface area contributed by atoms with Crippen LogP contribution in [0.1, 0.15) is 51.5 Å². The van der Waals surface area contributed by atoms with Gasteiger partial charge in [0.2, 0.25) is 5.91 Å². The number of anilines is 1. The Bertz CT molecular complexity index is 527. The van der Waals surface area contributed by atoms with Crippen LogP contribution in [0.15, 0.2) is 24.3 Å². The highest BCUT2D eigenvalue weighted by atomic mass is 16.2. The van der Waals surface area contributed by atoms with E-state index in [1.54, 1.807) is 0 Å². The topological polar surface area (TPSA) is 46.3 Å². The van der Waals surface area contributed by atoms with Crippen molar-refractivity contribution in [2.75, 3.05) is 18.8 Å². The molecule has 0 unspecified atom stereocenters. The molecule has 1 aliphatic heterocycles. The van der Waals surface area contributed by atoms with Gasteiger partial charge in [-0.3, -0.25) is 4.79 Å². The van der Waals surface area contributed by atoms with Crippen molar-refractivity contribution in [3.63, 3.8) is 0 Å². The highest BCUT2D eigenvalue weighted by Crippen LogP contribution is 2.51. The van der Waals surface area contributed by atoms with Crippen LogP contribution in [0, 0.1) is 5.41 Å². The molecule has 0 spiro atoms. The van der Waals surface area contributed by atoms with Gasteiger partial charge in [-0.1, -0.05) is 26.0 Å². The fraction of sp³-hybridized carbons (Fsp3) is 0.611. The van der Waals surface area contributed by atoms with Gasteiger partial charge in [0, 0.05) is 18.8 Å². The SMILES string of the molecule is CCC1(CC)CCN(C(=O)C2(c3ccc(N)cc3)CC2)C1. The molecule has 3 nitrogen and oxygen atoms in total. The minimum atomic E-state index is -0.245. The summed E-state index contributed by atoms with van der Waals surface area (Å²) >= 11 is 0. The highest BCUT2D eigenvalue weighted by Gasteiger charge is 2.54. The molecule has 2 aliphatic rings. The van der Waals surface area contributed by atoms with Gasteiger partial charge in [-0.2, -0.15) is 0 Å². The molecule has 1 aromatic carbocycles. The van der Waals surface area contributed by atoms with E-state index < -0.39 is 0 Å². The summed E-state index contributed by atoms with van der Waals surface area (Å²) in [5.74, 6) is 0.344. The van der Waals surface area contributed by atoms with E-state index in [1.807, 2.05) is 24.3 Å². The van der Waals surface area contributed by atoms with Crippen LogP contribution in [-0.2, 0) is 10.2 Å². The number of hydrogen-bond donors (Lipinski definition) is 1. The van der Waals surface area contributed by atoms with Gasteiger partial charge in [0.05, 0.1) is 5.41 Å². The number of amides is 1. The Morgan fingerprint density at radius 3 is 2.24 bits per heavy atom. The van der Waals surface area contributed by atoms with Gasteiger partial charge in [0.25, 0.3) is 0 Å². The lowest BCUT2D eigenvalue weighted by atomic mass is 9.82. The van der Waals surface area contributed by atoms with Crippen LogP contribution in [0.2, 0.25) is 0 Å². The lowest BCUT2D eigenvalue weighted by Crippen LogP contribution is -2.39. The third-order valence-corrected chi connectivity index (χ3v) is 5.85. The van der Waals surface area contributed by atoms with Crippen molar-refractivity contribution in [1.29, 1.82) is 0 Å². The van der Waals surface area contributed by atoms with E-state index >= 15 is 0 Å². The Labute approximate surface area is 127 Å². The van der Waals surface area contributed by atoms with E-state index in [0.717, 1.165) is 43.6 Å². The first-order valence-electron chi connectivity index (χ1n) is 8.21. The molecule has 1 heterocycles. The second-order valence-electron chi connectivity index (χ2n) is 6.89. The molecule has 0 radical (unpaired) electrons. The standard InChI is InChI=1S/C18H26N2O/c1-3-17(4-2)11-12-20(13-17)16(21)18(9-10-18)14-5-7-15(19)8-6-14/h5-8H,3-4,9-13,19H2,1-2H3. The number of nitrogens with two attached hydrogens (primary N) is 1. The van der Waals surface area contributed by atoms with E-state index in [9.17, 15) is 4.79 Å². The van der Waals surface area contributed by atoms with E-state index in [1.165, 1.54) is 12.8 Å². The number of nitrogens with zero attached hydrogens (tertiary/aromatic N) is 1. The maximum atomic E-state index is 13.0. The first-order valence-corrected chi connectivity index (χ1v) is 8.21. The Kier molecular flexibility index (Phi) is 3.46. The van der Waals surface area contributed by atoms with Crippen LogP contribution < -0.4 is 5.73 Å². The number of nitrogen functional groups attached to an aromatic ring is 1. The maximum absolute atomic E-state index is 13.0. The molecule has 1 aromatic rings. The summed E-state index contributed by atoms with van der Waals surface area (Å²) < 4.78 is 0. The van der Waals surface area contributed by atoms with Gasteiger partial charge in [0.1, 0.15) is 0 Å². The molecule has 2 fully saturated rings. The van der Waals surface area contributed by atoms with Crippen molar-refractivity contribution in [3.8, 4) is 0 Å². The number of rotatable bonds is 4. The molecule has 3 rings (SSSR count). The van der Waals surface area contributed by atoms with Crippen molar-refractivity contribution in [2.24, 2.45) is 5.41 Å². The summed E-state index contributed by atoms with van der Waals surface area (Å²) in [4.78, 5) is 15.2. The van der Waals surface area contributed by atoms with E-state index in [4.69, 9.17) is 5.73 Å². The molecular weight excluding hydrogens is 260 g/mol. The van der Waals surface area contributed by atoms with E-state index in [2.05, 4.69) is 18.7 Å². The van der Waals surface area contributed by atoms with Gasteiger partial charge in [-0.15, -0.1) is 0 Å². The van der Waals surface area contributed by atoms with Crippen LogP contribution >= 0.6 is 0 Å². The van der Waals surface area contributed by atoms with Crippen LogP contribution in [-0.4, -0.2) is 23.9 Å². The summed E-state index contributed by atoms with van der Waals surface area (Å²) in [5, 5.41) is 0. The molecule has 1 saturated heterocycles. The lowest BCUT2D eigenvalue weighted by Gasteiger charge is -2.28. The largest absolute Gasteiger partial charge is 0.399 e. The number of hydrogen-bond acceptors (Lipinski definition) is 2. The first-order chi connectivity index (χ1) is 10.1. The van der Waals surface area contributed by atoms with Crippen LogP contribution in [0.4, 0.5) is 5.69 Å². The van der Waals surface area contributed by atoms with Crippen LogP contribution in [0.25, 0.3) is 0 Å². The van der Waals surface area contributed by atoms with Gasteiger partial charge in [0.15, 0.2) is 0 Å². The number of benzene rings is 1. The molecule has 0 bridgehead atoms. The second-order valence-corrected chi connectivity index (χ2v) is 6.89. The Hall–Kier alpha value is -1.51. The average molecular weight is 286 g/mol. The van der Waals surface area contributed by atoms with Crippen LogP contribution in [0.3, 0.4) is 0 Å². The molecule has 0 atom stereocenters. The molecule has 1 amide bonds. The highest BCUT2D eigenvalue weighted by molar-refractivity contribution is 5.91. The number of carbonyl (C=O) groups is 1. The molecule has 0 aromatic heterocycles. The van der Waals surface area contributed by atoms with Gasteiger partial charge >= 0.3 is 0 Å². The smallest absolute Gasteiger partial charge is 0.233 e. The monoisotopic (exact) mass is 286 g/mol. The zero-order valence-corrected chi connectivity index (χ0v) is 13.2. The predicted octanol–water partition coefficient (Wildman–Crippen LogP) is 3.34. The fourth-order valence-corrected chi connectivity index (χ4v) is 3.79. The van der Waals surface area contributed by atoms with E-state index in [-0.39, 0.29) is 5.41 Å². The minimum Gasteiger partial charge on any atom is -0.399 e. The van der Waals surface area contributed by atoms with Gasteiger partial charge < -0.3 is 10.6 Å². The fourth-order valence-electron chi connectivity index (χ4n) is 3.79. The third kappa shape index (κ3) is 2.33. The Morgan fingerprint density at radius 2 is 1.76 bits per heavy atom. The predicted molar refractivity (Wildman–Crippen MR) is 86.0 cm³/mol. The second kappa shape index (κ2) is 5.04. The quantitative estimate of drug-likeness (QED) is 0.863. The first kappa shape index (κ1) is 14.4. The van der Waals surface area contributed by atoms with E-state index in [0.29, 0.717) is 11.3 Å². The zero-order chi connectivity index (χ0) is 15.1.